The molecule has 0 unspecified atom stereocenters. The molecule has 0 aliphatic rings. The van der Waals surface area contributed by atoms with Crippen LogP contribution in [0.3, 0.4) is 0 Å². The molecule has 0 saturated heterocycles. The summed E-state index contributed by atoms with van der Waals surface area (Å²) in [6, 6.07) is 7.66. The first-order valence-corrected chi connectivity index (χ1v) is 4.18. The standard InChI is InChI=1S/C9H13ClN2/c1-9(2,12-11)7-5-3-4-6-8(7)10/h3-6,12H,11H2,1-2H3. The van der Waals surface area contributed by atoms with E-state index in [4.69, 9.17) is 17.4 Å². The van der Waals surface area contributed by atoms with E-state index in [2.05, 4.69) is 5.43 Å². The van der Waals surface area contributed by atoms with Crippen molar-refractivity contribution in [1.29, 1.82) is 0 Å². The molecule has 0 radical (unpaired) electrons. The summed E-state index contributed by atoms with van der Waals surface area (Å²) in [4.78, 5) is 0. The van der Waals surface area contributed by atoms with Gasteiger partial charge < -0.3 is 0 Å². The minimum absolute atomic E-state index is 0.279. The third-order valence-corrected chi connectivity index (χ3v) is 2.24. The normalized spacial score (nSPS) is 11.7. The van der Waals surface area contributed by atoms with Crippen molar-refractivity contribution >= 4 is 11.6 Å². The van der Waals surface area contributed by atoms with Gasteiger partial charge in [-0.1, -0.05) is 29.8 Å². The molecule has 1 rings (SSSR count). The van der Waals surface area contributed by atoms with Gasteiger partial charge in [-0.2, -0.15) is 0 Å². The molecule has 0 aromatic heterocycles. The van der Waals surface area contributed by atoms with E-state index in [-0.39, 0.29) is 5.54 Å². The largest absolute Gasteiger partial charge is 0.271 e. The maximum Gasteiger partial charge on any atom is 0.0528 e. The molecule has 0 saturated carbocycles. The maximum atomic E-state index is 5.99. The molecule has 3 N–H and O–H groups in total. The van der Waals surface area contributed by atoms with Gasteiger partial charge in [-0.05, 0) is 25.5 Å². The van der Waals surface area contributed by atoms with Gasteiger partial charge in [0.2, 0.25) is 0 Å². The highest BCUT2D eigenvalue weighted by atomic mass is 35.5. The quantitative estimate of drug-likeness (QED) is 0.546. The average molecular weight is 185 g/mol. The molecule has 66 valence electrons. The van der Waals surface area contributed by atoms with Crippen LogP contribution in [0, 0.1) is 0 Å². The van der Waals surface area contributed by atoms with E-state index >= 15 is 0 Å². The fourth-order valence-electron chi connectivity index (χ4n) is 1.05. The molecule has 0 spiro atoms. The molecule has 2 nitrogen and oxygen atoms in total. The van der Waals surface area contributed by atoms with Crippen molar-refractivity contribution in [2.45, 2.75) is 19.4 Å². The van der Waals surface area contributed by atoms with Gasteiger partial charge in [0, 0.05) is 5.02 Å². The molecule has 0 amide bonds. The third-order valence-electron chi connectivity index (χ3n) is 1.91. The number of halogens is 1. The number of hydrazine groups is 1. The van der Waals surface area contributed by atoms with Crippen molar-refractivity contribution in [2.24, 2.45) is 5.84 Å². The summed E-state index contributed by atoms with van der Waals surface area (Å²) in [5, 5.41) is 0.737. The first kappa shape index (κ1) is 9.52. The lowest BCUT2D eigenvalue weighted by molar-refractivity contribution is 0.415. The zero-order valence-corrected chi connectivity index (χ0v) is 8.02. The molecule has 0 heterocycles. The Hall–Kier alpha value is -0.570. The fourth-order valence-corrected chi connectivity index (χ4v) is 1.42. The summed E-state index contributed by atoms with van der Waals surface area (Å²) in [6.45, 7) is 3.96. The van der Waals surface area contributed by atoms with Gasteiger partial charge in [0.05, 0.1) is 5.54 Å². The van der Waals surface area contributed by atoms with Crippen LogP contribution in [0.5, 0.6) is 0 Å². The Morgan fingerprint density at radius 3 is 2.42 bits per heavy atom. The second-order valence-electron chi connectivity index (χ2n) is 3.25. The van der Waals surface area contributed by atoms with Crippen LogP contribution in [0.4, 0.5) is 0 Å². The number of benzene rings is 1. The Morgan fingerprint density at radius 2 is 1.92 bits per heavy atom. The molecule has 3 heteroatoms. The van der Waals surface area contributed by atoms with Crippen molar-refractivity contribution in [3.8, 4) is 0 Å². The molecule has 1 aromatic rings. The number of nitrogens with one attached hydrogen (secondary N) is 1. The Morgan fingerprint density at radius 1 is 1.33 bits per heavy atom. The van der Waals surface area contributed by atoms with Crippen LogP contribution in [0.2, 0.25) is 5.02 Å². The monoisotopic (exact) mass is 184 g/mol. The van der Waals surface area contributed by atoms with Gasteiger partial charge >= 0.3 is 0 Å². The lowest BCUT2D eigenvalue weighted by Crippen LogP contribution is -2.41. The molecule has 1 aromatic carbocycles. The Labute approximate surface area is 77.7 Å². The van der Waals surface area contributed by atoms with Crippen LogP contribution in [-0.4, -0.2) is 0 Å². The van der Waals surface area contributed by atoms with Crippen molar-refractivity contribution in [1.82, 2.24) is 5.43 Å². The fraction of sp³-hybridized carbons (Fsp3) is 0.333. The van der Waals surface area contributed by atoms with Gasteiger partial charge in [0.25, 0.3) is 0 Å². The van der Waals surface area contributed by atoms with Crippen LogP contribution < -0.4 is 11.3 Å². The molecular weight excluding hydrogens is 172 g/mol. The van der Waals surface area contributed by atoms with Crippen molar-refractivity contribution in [3.63, 3.8) is 0 Å². The van der Waals surface area contributed by atoms with E-state index in [0.29, 0.717) is 0 Å². The number of hydrogen-bond acceptors (Lipinski definition) is 2. The third kappa shape index (κ3) is 1.78. The second kappa shape index (κ2) is 3.44. The Kier molecular flexibility index (Phi) is 2.73. The SMILES string of the molecule is CC(C)(NN)c1ccccc1Cl. The lowest BCUT2D eigenvalue weighted by atomic mass is 9.95. The minimum atomic E-state index is -0.279. The van der Waals surface area contributed by atoms with E-state index in [0.717, 1.165) is 10.6 Å². The molecule has 0 bridgehead atoms. The minimum Gasteiger partial charge on any atom is -0.271 e. The second-order valence-corrected chi connectivity index (χ2v) is 3.66. The molecular formula is C9H13ClN2. The van der Waals surface area contributed by atoms with Crippen LogP contribution in [0.1, 0.15) is 19.4 Å². The smallest absolute Gasteiger partial charge is 0.0528 e. The van der Waals surface area contributed by atoms with Crippen LogP contribution in [0.25, 0.3) is 0 Å². The molecule has 0 fully saturated rings. The van der Waals surface area contributed by atoms with E-state index < -0.39 is 0 Å². The number of nitrogens with two attached hydrogens (primary N) is 1. The van der Waals surface area contributed by atoms with E-state index in [1.54, 1.807) is 0 Å². The Bertz CT molecular complexity index is 271. The molecule has 0 atom stereocenters. The summed E-state index contributed by atoms with van der Waals surface area (Å²) in [5.74, 6) is 5.40. The van der Waals surface area contributed by atoms with Crippen molar-refractivity contribution in [2.75, 3.05) is 0 Å². The first-order valence-electron chi connectivity index (χ1n) is 3.81. The topological polar surface area (TPSA) is 38.0 Å². The van der Waals surface area contributed by atoms with Gasteiger partial charge in [-0.3, -0.25) is 11.3 Å². The highest BCUT2D eigenvalue weighted by Crippen LogP contribution is 2.26. The van der Waals surface area contributed by atoms with Crippen LogP contribution in [-0.2, 0) is 5.54 Å². The highest BCUT2D eigenvalue weighted by Gasteiger charge is 2.20. The lowest BCUT2D eigenvalue weighted by Gasteiger charge is -2.24. The number of hydrogen-bond donors (Lipinski definition) is 2. The predicted octanol–water partition coefficient (Wildman–Crippen LogP) is 2.04. The average Bonchev–Trinajstić information content (AvgIpc) is 2.05. The predicted molar refractivity (Wildman–Crippen MR) is 51.8 cm³/mol. The van der Waals surface area contributed by atoms with Gasteiger partial charge in [0.15, 0.2) is 0 Å². The van der Waals surface area contributed by atoms with Gasteiger partial charge in [-0.15, -0.1) is 0 Å². The zero-order valence-electron chi connectivity index (χ0n) is 7.26. The van der Waals surface area contributed by atoms with Gasteiger partial charge in [-0.25, -0.2) is 0 Å². The van der Waals surface area contributed by atoms with Gasteiger partial charge in [0.1, 0.15) is 0 Å². The van der Waals surface area contributed by atoms with Crippen LogP contribution in [0.15, 0.2) is 24.3 Å². The molecule has 12 heavy (non-hydrogen) atoms. The van der Waals surface area contributed by atoms with E-state index in [1.165, 1.54) is 0 Å². The summed E-state index contributed by atoms with van der Waals surface area (Å²) >= 11 is 5.99. The Balaban J connectivity index is 3.10. The zero-order chi connectivity index (χ0) is 9.19. The number of rotatable bonds is 2. The summed E-state index contributed by atoms with van der Waals surface area (Å²) < 4.78 is 0. The highest BCUT2D eigenvalue weighted by molar-refractivity contribution is 6.31. The summed E-state index contributed by atoms with van der Waals surface area (Å²) in [5.41, 5.74) is 3.44. The van der Waals surface area contributed by atoms with Crippen LogP contribution >= 0.6 is 11.6 Å². The summed E-state index contributed by atoms with van der Waals surface area (Å²) in [7, 11) is 0. The van der Waals surface area contributed by atoms with E-state index in [1.807, 2.05) is 38.1 Å². The molecule has 0 aliphatic heterocycles. The molecule has 0 aliphatic carbocycles. The van der Waals surface area contributed by atoms with Crippen molar-refractivity contribution < 1.29 is 0 Å². The van der Waals surface area contributed by atoms with E-state index in [9.17, 15) is 0 Å². The first-order chi connectivity index (χ1) is 5.58. The van der Waals surface area contributed by atoms with Crippen molar-refractivity contribution in [3.05, 3.63) is 34.9 Å². The summed E-state index contributed by atoms with van der Waals surface area (Å²) in [6.07, 6.45) is 0. The maximum absolute atomic E-state index is 5.99.